The molecule has 3 rings (SSSR count). The van der Waals surface area contributed by atoms with Gasteiger partial charge in [-0.2, -0.15) is 0 Å². The Labute approximate surface area is 107 Å². The zero-order chi connectivity index (χ0) is 12.5. The Bertz CT molecular complexity index is 672. The van der Waals surface area contributed by atoms with Gasteiger partial charge in [0, 0.05) is 30.3 Å². The van der Waals surface area contributed by atoms with E-state index in [1.807, 2.05) is 10.6 Å². The first-order chi connectivity index (χ1) is 8.79. The van der Waals surface area contributed by atoms with Crippen LogP contribution in [0.15, 0.2) is 36.7 Å². The number of imidazole rings is 1. The van der Waals surface area contributed by atoms with Gasteiger partial charge in [0.25, 0.3) is 0 Å². The molecule has 0 amide bonds. The lowest BCUT2D eigenvalue weighted by molar-refractivity contribution is 0.300. The third-order valence-electron chi connectivity index (χ3n) is 2.78. The highest BCUT2D eigenvalue weighted by molar-refractivity contribution is 7.17. The standard InChI is InChI=1S/C13H11FN2OS/c14-10-3-1-9(2-4-10)12-11(5-8-17)18-13-15-6-7-16(12)13/h1-4,6-7,17H,5,8H2. The molecule has 5 heteroatoms. The first-order valence-electron chi connectivity index (χ1n) is 5.61. The van der Waals surface area contributed by atoms with Gasteiger partial charge in [-0.1, -0.05) is 0 Å². The highest BCUT2D eigenvalue weighted by Crippen LogP contribution is 2.31. The van der Waals surface area contributed by atoms with E-state index in [1.165, 1.54) is 12.1 Å². The zero-order valence-corrected chi connectivity index (χ0v) is 10.3. The number of halogens is 1. The monoisotopic (exact) mass is 262 g/mol. The van der Waals surface area contributed by atoms with Crippen molar-refractivity contribution in [2.45, 2.75) is 6.42 Å². The van der Waals surface area contributed by atoms with Gasteiger partial charge in [-0.15, -0.1) is 11.3 Å². The van der Waals surface area contributed by atoms with Gasteiger partial charge in [0.05, 0.1) is 5.69 Å². The van der Waals surface area contributed by atoms with Crippen LogP contribution in [0.25, 0.3) is 16.2 Å². The third-order valence-corrected chi connectivity index (χ3v) is 3.91. The summed E-state index contributed by atoms with van der Waals surface area (Å²) in [5.74, 6) is -0.250. The van der Waals surface area contributed by atoms with E-state index in [4.69, 9.17) is 5.11 Å². The number of aromatic nitrogens is 2. The third kappa shape index (κ3) is 1.81. The predicted molar refractivity (Wildman–Crippen MR) is 69.3 cm³/mol. The number of thiazole rings is 1. The molecule has 2 heterocycles. The van der Waals surface area contributed by atoms with Crippen LogP contribution in [-0.4, -0.2) is 21.1 Å². The molecule has 1 aromatic carbocycles. The lowest BCUT2D eigenvalue weighted by Crippen LogP contribution is -1.93. The van der Waals surface area contributed by atoms with E-state index in [2.05, 4.69) is 4.98 Å². The van der Waals surface area contributed by atoms with Gasteiger partial charge in [0.2, 0.25) is 0 Å². The topological polar surface area (TPSA) is 37.5 Å². The Hall–Kier alpha value is -1.72. The molecule has 0 radical (unpaired) electrons. The Kier molecular flexibility index (Phi) is 2.85. The van der Waals surface area contributed by atoms with Crippen LogP contribution in [0.1, 0.15) is 4.88 Å². The Morgan fingerprint density at radius 1 is 1.28 bits per heavy atom. The van der Waals surface area contributed by atoms with Crippen molar-refractivity contribution < 1.29 is 9.50 Å². The maximum absolute atomic E-state index is 13.0. The van der Waals surface area contributed by atoms with Gasteiger partial charge in [-0.3, -0.25) is 4.40 Å². The molecule has 0 aliphatic rings. The number of hydrogen-bond acceptors (Lipinski definition) is 3. The molecule has 0 atom stereocenters. The summed E-state index contributed by atoms with van der Waals surface area (Å²) < 4.78 is 14.9. The van der Waals surface area contributed by atoms with Crippen LogP contribution < -0.4 is 0 Å². The molecule has 0 saturated heterocycles. The van der Waals surface area contributed by atoms with Gasteiger partial charge in [-0.05, 0) is 29.8 Å². The summed E-state index contributed by atoms with van der Waals surface area (Å²) in [5, 5.41) is 9.11. The molecule has 1 N–H and O–H groups in total. The molecule has 0 aliphatic heterocycles. The average Bonchev–Trinajstić information content (AvgIpc) is 2.91. The van der Waals surface area contributed by atoms with E-state index in [0.29, 0.717) is 6.42 Å². The molecule has 0 fully saturated rings. The molecule has 92 valence electrons. The second-order valence-corrected chi connectivity index (χ2v) is 5.00. The van der Waals surface area contributed by atoms with Gasteiger partial charge in [0.15, 0.2) is 4.96 Å². The van der Waals surface area contributed by atoms with E-state index in [-0.39, 0.29) is 12.4 Å². The average molecular weight is 262 g/mol. The van der Waals surface area contributed by atoms with Gasteiger partial charge >= 0.3 is 0 Å². The molecular weight excluding hydrogens is 251 g/mol. The Morgan fingerprint density at radius 2 is 2.06 bits per heavy atom. The molecule has 3 nitrogen and oxygen atoms in total. The fraction of sp³-hybridized carbons (Fsp3) is 0.154. The van der Waals surface area contributed by atoms with Gasteiger partial charge < -0.3 is 5.11 Å². The zero-order valence-electron chi connectivity index (χ0n) is 9.51. The first kappa shape index (κ1) is 11.4. The molecule has 18 heavy (non-hydrogen) atoms. The Morgan fingerprint density at radius 3 is 2.78 bits per heavy atom. The van der Waals surface area contributed by atoms with Gasteiger partial charge in [0.1, 0.15) is 5.82 Å². The summed E-state index contributed by atoms with van der Waals surface area (Å²) in [4.78, 5) is 6.20. The molecule has 2 aromatic heterocycles. The number of aliphatic hydroxyl groups excluding tert-OH is 1. The number of hydrogen-bond donors (Lipinski definition) is 1. The van der Waals surface area contributed by atoms with Crippen molar-refractivity contribution in [3.8, 4) is 11.3 Å². The van der Waals surface area contributed by atoms with Crippen molar-refractivity contribution in [2.24, 2.45) is 0 Å². The minimum absolute atomic E-state index is 0.0951. The van der Waals surface area contributed by atoms with Crippen LogP contribution in [0.3, 0.4) is 0 Å². The summed E-state index contributed by atoms with van der Waals surface area (Å²) >= 11 is 1.55. The second kappa shape index (κ2) is 4.51. The molecule has 0 saturated carbocycles. The number of fused-ring (bicyclic) bond motifs is 1. The number of aliphatic hydroxyl groups is 1. The van der Waals surface area contributed by atoms with Crippen molar-refractivity contribution in [3.63, 3.8) is 0 Å². The maximum Gasteiger partial charge on any atom is 0.194 e. The molecular formula is C13H11FN2OS. The molecule has 0 bridgehead atoms. The Balaban J connectivity index is 2.21. The fourth-order valence-electron chi connectivity index (χ4n) is 2.01. The second-order valence-electron chi connectivity index (χ2n) is 3.93. The van der Waals surface area contributed by atoms with Crippen LogP contribution >= 0.6 is 11.3 Å². The number of benzene rings is 1. The lowest BCUT2D eigenvalue weighted by Gasteiger charge is -2.03. The normalized spacial score (nSPS) is 11.2. The maximum atomic E-state index is 13.0. The van der Waals surface area contributed by atoms with Crippen molar-refractivity contribution in [2.75, 3.05) is 6.61 Å². The largest absolute Gasteiger partial charge is 0.396 e. The quantitative estimate of drug-likeness (QED) is 0.788. The van der Waals surface area contributed by atoms with Crippen molar-refractivity contribution >= 4 is 16.3 Å². The highest BCUT2D eigenvalue weighted by atomic mass is 32.1. The van der Waals surface area contributed by atoms with E-state index < -0.39 is 0 Å². The minimum atomic E-state index is -0.250. The fourth-order valence-corrected chi connectivity index (χ4v) is 3.10. The van der Waals surface area contributed by atoms with E-state index in [9.17, 15) is 4.39 Å². The van der Waals surface area contributed by atoms with E-state index in [0.717, 1.165) is 21.1 Å². The molecule has 0 spiro atoms. The SMILES string of the molecule is OCCc1sc2nccn2c1-c1ccc(F)cc1. The number of rotatable bonds is 3. The summed E-state index contributed by atoms with van der Waals surface area (Å²) in [6, 6.07) is 6.38. The van der Waals surface area contributed by atoms with Crippen molar-refractivity contribution in [1.29, 1.82) is 0 Å². The van der Waals surface area contributed by atoms with Crippen molar-refractivity contribution in [1.82, 2.24) is 9.38 Å². The summed E-state index contributed by atoms with van der Waals surface area (Å²) in [7, 11) is 0. The smallest absolute Gasteiger partial charge is 0.194 e. The molecule has 0 aliphatic carbocycles. The lowest BCUT2D eigenvalue weighted by atomic mass is 10.1. The van der Waals surface area contributed by atoms with E-state index >= 15 is 0 Å². The predicted octanol–water partition coefficient (Wildman–Crippen LogP) is 2.74. The summed E-state index contributed by atoms with van der Waals surface area (Å²) in [6.45, 7) is 0.0951. The molecule has 0 unspecified atom stereocenters. The van der Waals surface area contributed by atoms with Crippen LogP contribution in [0.5, 0.6) is 0 Å². The first-order valence-corrected chi connectivity index (χ1v) is 6.43. The van der Waals surface area contributed by atoms with Crippen molar-refractivity contribution in [3.05, 3.63) is 47.4 Å². The minimum Gasteiger partial charge on any atom is -0.396 e. The summed E-state index contributed by atoms with van der Waals surface area (Å²) in [5.41, 5.74) is 1.92. The number of nitrogens with zero attached hydrogens (tertiary/aromatic N) is 2. The summed E-state index contributed by atoms with van der Waals surface area (Å²) in [6.07, 6.45) is 4.20. The van der Waals surface area contributed by atoms with E-state index in [1.54, 1.807) is 29.7 Å². The van der Waals surface area contributed by atoms with Crippen LogP contribution in [0.4, 0.5) is 4.39 Å². The highest BCUT2D eigenvalue weighted by Gasteiger charge is 2.14. The van der Waals surface area contributed by atoms with Crippen LogP contribution in [-0.2, 0) is 6.42 Å². The van der Waals surface area contributed by atoms with Gasteiger partial charge in [-0.25, -0.2) is 9.37 Å². The van der Waals surface area contributed by atoms with Crippen LogP contribution in [0, 0.1) is 5.82 Å². The molecule has 3 aromatic rings. The van der Waals surface area contributed by atoms with Crippen LogP contribution in [0.2, 0.25) is 0 Å².